The van der Waals surface area contributed by atoms with Gasteiger partial charge >= 0.3 is 0 Å². The van der Waals surface area contributed by atoms with Crippen molar-refractivity contribution >= 4 is 11.7 Å². The second-order valence-electron chi connectivity index (χ2n) is 13.3. The molecule has 2 aliphatic heterocycles. The molecule has 2 aliphatic carbocycles. The number of guanidine groups is 1. The zero-order valence-electron chi connectivity index (χ0n) is 26.7. The fourth-order valence-electron chi connectivity index (χ4n) is 6.74. The van der Waals surface area contributed by atoms with Crippen LogP contribution >= 0.6 is 0 Å². The molecular weight excluding hydrogens is 626 g/mol. The topological polar surface area (TPSA) is 336 Å². The molecule has 272 valence electrons. The van der Waals surface area contributed by atoms with E-state index in [1.807, 2.05) is 0 Å². The molecule has 2 heterocycles. The molecule has 4 rings (SSSR count). The van der Waals surface area contributed by atoms with Crippen LogP contribution in [0.1, 0.15) is 32.6 Å². The number of carbonyl (C=O) groups excluding carboxylic acids is 1. The number of hydrogen-bond donors (Lipinski definition) is 13. The maximum absolute atomic E-state index is 13.3. The van der Waals surface area contributed by atoms with E-state index >= 15 is 0 Å². The van der Waals surface area contributed by atoms with Crippen LogP contribution in [0.25, 0.3) is 0 Å². The molecule has 2 saturated heterocycles. The summed E-state index contributed by atoms with van der Waals surface area (Å²) in [6.07, 6.45) is -14.1. The lowest BCUT2D eigenvalue weighted by Gasteiger charge is -2.49. The minimum atomic E-state index is -1.82. The second-order valence-corrected chi connectivity index (χ2v) is 13.3. The Morgan fingerprint density at radius 1 is 1.00 bits per heavy atom. The Hall–Kier alpha value is -1.66. The number of aliphatic imine (C=N–C) groups is 1. The van der Waals surface area contributed by atoms with Crippen LogP contribution in [0.2, 0.25) is 0 Å². The molecule has 0 aromatic rings. The Labute approximate surface area is 272 Å². The van der Waals surface area contributed by atoms with Crippen molar-refractivity contribution < 1.29 is 59.5 Å². The summed E-state index contributed by atoms with van der Waals surface area (Å²) in [5.74, 6) is -1.74. The van der Waals surface area contributed by atoms with Crippen molar-refractivity contribution in [3.8, 4) is 0 Å². The number of rotatable bonds is 14. The molecule has 0 aromatic heterocycles. The van der Waals surface area contributed by atoms with Gasteiger partial charge in [0, 0.05) is 25.4 Å². The average molecular weight is 680 g/mol. The average Bonchev–Trinajstić information content (AvgIpc) is 3.66. The van der Waals surface area contributed by atoms with Gasteiger partial charge in [0.2, 0.25) is 0 Å². The molecule has 19 nitrogen and oxygen atoms in total. The molecule has 0 bridgehead atoms. The Balaban J connectivity index is 1.54. The summed E-state index contributed by atoms with van der Waals surface area (Å²) < 4.78 is 23.5. The Morgan fingerprint density at radius 2 is 1.68 bits per heavy atom. The van der Waals surface area contributed by atoms with Crippen LogP contribution in [-0.4, -0.2) is 172 Å². The summed E-state index contributed by atoms with van der Waals surface area (Å²) in [6.45, 7) is 2.28. The standard InChI is InChI=1S/C28H53N7O12/c1-27(42)10-44-24(20(41)23(27)33-2)46-21-11(7-15(36)28(43)8-14(28)35-26(31)32)6-12(30)22(19(21)40)47-25-18(39)17(38)16(37)13(45-25)9-34-5-3-4-29/h11-14,16-25,33-34,37-43H,3-10,29-30H2,1-2H3,(H4,31,32,35)/t11-,12-,13+,14?,16+,17-,18+,19+,20+,21-,22?,23+,24+,25+,27-,28?/m0/s1. The molecule has 0 aromatic carbocycles. The smallest absolute Gasteiger partial charge is 0.187 e. The van der Waals surface area contributed by atoms with Gasteiger partial charge in [-0.05, 0) is 45.8 Å². The Kier molecular flexibility index (Phi) is 12.6. The van der Waals surface area contributed by atoms with E-state index in [2.05, 4.69) is 15.6 Å². The van der Waals surface area contributed by atoms with Crippen LogP contribution in [0.4, 0.5) is 0 Å². The van der Waals surface area contributed by atoms with Gasteiger partial charge in [0.25, 0.3) is 0 Å². The molecule has 0 amide bonds. The van der Waals surface area contributed by atoms with E-state index in [9.17, 15) is 40.5 Å². The van der Waals surface area contributed by atoms with Gasteiger partial charge in [-0.1, -0.05) is 0 Å². The first kappa shape index (κ1) is 38.1. The molecule has 4 aliphatic rings. The predicted molar refractivity (Wildman–Crippen MR) is 163 cm³/mol. The van der Waals surface area contributed by atoms with Gasteiger partial charge in [-0.15, -0.1) is 0 Å². The highest BCUT2D eigenvalue weighted by Gasteiger charge is 2.60. The maximum Gasteiger partial charge on any atom is 0.187 e. The normalized spacial score (nSPS) is 47.0. The minimum absolute atomic E-state index is 0.000959. The highest BCUT2D eigenvalue weighted by molar-refractivity contribution is 5.92. The van der Waals surface area contributed by atoms with E-state index in [-0.39, 0.29) is 38.4 Å². The molecule has 16 atom stereocenters. The zero-order chi connectivity index (χ0) is 34.8. The van der Waals surface area contributed by atoms with E-state index in [1.54, 1.807) is 0 Å². The third kappa shape index (κ3) is 8.39. The quantitative estimate of drug-likeness (QED) is 0.0460. The third-order valence-electron chi connectivity index (χ3n) is 9.56. The SMILES string of the molecule is CN[C@@H]1[C@@H](O)[C@@H](O[C@H]2[C@H](CC(=O)C3(O)CC3N=C(N)N)C[C@H](N)C(O[C@H]3O[C@H](CNCCCN)[C@@H](O)[C@H](O)[C@H]3O)[C@@H]2O)OC[C@]1(C)O. The molecule has 3 unspecified atom stereocenters. The lowest BCUT2D eigenvalue weighted by molar-refractivity contribution is -0.333. The number of aliphatic hydroxyl groups excluding tert-OH is 5. The highest BCUT2D eigenvalue weighted by Crippen LogP contribution is 2.43. The number of ketones is 1. The van der Waals surface area contributed by atoms with Gasteiger partial charge in [0.15, 0.2) is 24.3 Å². The fourth-order valence-corrected chi connectivity index (χ4v) is 6.74. The van der Waals surface area contributed by atoms with Crippen molar-refractivity contribution in [3.05, 3.63) is 0 Å². The van der Waals surface area contributed by atoms with Crippen LogP contribution in [0.3, 0.4) is 0 Å². The maximum atomic E-state index is 13.3. The van der Waals surface area contributed by atoms with Crippen molar-refractivity contribution in [1.29, 1.82) is 0 Å². The largest absolute Gasteiger partial charge is 0.388 e. The van der Waals surface area contributed by atoms with Crippen molar-refractivity contribution in [2.24, 2.45) is 33.8 Å². The number of nitrogens with zero attached hydrogens (tertiary/aromatic N) is 1. The summed E-state index contributed by atoms with van der Waals surface area (Å²) in [5.41, 5.74) is 19.5. The summed E-state index contributed by atoms with van der Waals surface area (Å²) in [4.78, 5) is 17.2. The number of nitrogens with one attached hydrogen (secondary N) is 2. The van der Waals surface area contributed by atoms with Crippen LogP contribution in [0.5, 0.6) is 0 Å². The Bertz CT molecular complexity index is 1090. The van der Waals surface area contributed by atoms with E-state index in [0.29, 0.717) is 19.5 Å². The molecule has 47 heavy (non-hydrogen) atoms. The molecule has 17 N–H and O–H groups in total. The van der Waals surface area contributed by atoms with Gasteiger partial charge in [-0.25, -0.2) is 4.99 Å². The fraction of sp³-hybridized carbons (Fsp3) is 0.929. The van der Waals surface area contributed by atoms with Crippen LogP contribution in [0.15, 0.2) is 4.99 Å². The molecule has 4 fully saturated rings. The van der Waals surface area contributed by atoms with E-state index < -0.39 is 102 Å². The van der Waals surface area contributed by atoms with Crippen molar-refractivity contribution in [3.63, 3.8) is 0 Å². The molecular formula is C28H53N7O12. The van der Waals surface area contributed by atoms with Gasteiger partial charge in [0.05, 0.1) is 24.8 Å². The van der Waals surface area contributed by atoms with Crippen LogP contribution in [-0.2, 0) is 23.7 Å². The second kappa shape index (κ2) is 15.5. The third-order valence-corrected chi connectivity index (χ3v) is 9.56. The van der Waals surface area contributed by atoms with Gasteiger partial charge in [-0.3, -0.25) is 4.79 Å². The van der Waals surface area contributed by atoms with Gasteiger partial charge in [0.1, 0.15) is 53.9 Å². The van der Waals surface area contributed by atoms with E-state index in [4.69, 9.17) is 41.9 Å². The van der Waals surface area contributed by atoms with E-state index in [1.165, 1.54) is 14.0 Å². The monoisotopic (exact) mass is 679 g/mol. The number of nitrogens with two attached hydrogens (primary N) is 4. The first-order valence-electron chi connectivity index (χ1n) is 15.9. The van der Waals surface area contributed by atoms with Gasteiger partial charge in [-0.2, -0.15) is 0 Å². The van der Waals surface area contributed by atoms with Gasteiger partial charge < -0.3 is 88.3 Å². The van der Waals surface area contributed by atoms with E-state index in [0.717, 1.165) is 0 Å². The summed E-state index contributed by atoms with van der Waals surface area (Å²) >= 11 is 0. The number of hydrogen-bond acceptors (Lipinski definition) is 17. The molecule has 0 radical (unpaired) electrons. The lowest BCUT2D eigenvalue weighted by atomic mass is 9.76. The lowest BCUT2D eigenvalue weighted by Crippen LogP contribution is -2.67. The van der Waals surface area contributed by atoms with Crippen LogP contribution in [0, 0.1) is 5.92 Å². The minimum Gasteiger partial charge on any atom is -0.388 e. The number of likely N-dealkylation sites (N-methyl/N-ethyl adjacent to an activating group) is 1. The molecule has 2 saturated carbocycles. The molecule has 19 heteroatoms. The predicted octanol–water partition coefficient (Wildman–Crippen LogP) is -7.00. The number of aliphatic hydroxyl groups is 7. The summed E-state index contributed by atoms with van der Waals surface area (Å²) in [5, 5.41) is 81.9. The first-order chi connectivity index (χ1) is 22.0. The summed E-state index contributed by atoms with van der Waals surface area (Å²) in [6, 6.07) is -2.70. The van der Waals surface area contributed by atoms with Crippen molar-refractivity contribution in [1.82, 2.24) is 10.6 Å². The van der Waals surface area contributed by atoms with Crippen LogP contribution < -0.4 is 33.6 Å². The first-order valence-corrected chi connectivity index (χ1v) is 15.9. The Morgan fingerprint density at radius 3 is 2.32 bits per heavy atom. The summed E-state index contributed by atoms with van der Waals surface area (Å²) in [7, 11) is 1.54. The van der Waals surface area contributed by atoms with Crippen molar-refractivity contribution in [2.45, 2.75) is 123 Å². The highest BCUT2D eigenvalue weighted by atomic mass is 16.7. The number of Topliss-reactive ketones (excluding diaryl/α,β-unsaturated/α-hetero) is 1. The number of carbonyl (C=O) groups is 1. The number of ether oxygens (including phenoxy) is 4. The zero-order valence-corrected chi connectivity index (χ0v) is 26.7. The molecule has 0 spiro atoms. The van der Waals surface area contributed by atoms with Crippen molar-refractivity contribution in [2.75, 3.05) is 33.3 Å².